The van der Waals surface area contributed by atoms with Crippen molar-refractivity contribution in [3.8, 4) is 11.5 Å². The molecule has 0 saturated carbocycles. The number of ether oxygens (including phenoxy) is 2. The highest BCUT2D eigenvalue weighted by Crippen LogP contribution is 2.30. The van der Waals surface area contributed by atoms with Crippen LogP contribution in [0.3, 0.4) is 0 Å². The van der Waals surface area contributed by atoms with E-state index in [1.165, 1.54) is 18.2 Å². The third-order valence-corrected chi connectivity index (χ3v) is 8.08. The Morgan fingerprint density at radius 2 is 1.53 bits per heavy atom. The minimum Gasteiger partial charge on any atom is -0.489 e. The number of hydrogen-bond donors (Lipinski definition) is 1. The van der Waals surface area contributed by atoms with Crippen molar-refractivity contribution >= 4 is 91.9 Å². The number of imide groups is 2. The summed E-state index contributed by atoms with van der Waals surface area (Å²) in [6.07, 6.45) is 1.37. The van der Waals surface area contributed by atoms with Crippen LogP contribution in [-0.4, -0.2) is 17.8 Å². The van der Waals surface area contributed by atoms with Gasteiger partial charge in [-0.25, -0.2) is 9.69 Å². The second kappa shape index (κ2) is 13.4. The van der Waals surface area contributed by atoms with Crippen LogP contribution in [0.15, 0.2) is 88.9 Å². The highest BCUT2D eigenvalue weighted by Gasteiger charge is 2.37. The van der Waals surface area contributed by atoms with Gasteiger partial charge in [-0.1, -0.05) is 74.5 Å². The molecular weight excluding hydrogens is 702 g/mol. The second-order valence-electron chi connectivity index (χ2n) is 9.20. The molecule has 0 atom stereocenters. The third kappa shape index (κ3) is 7.34. The first-order chi connectivity index (χ1) is 20.6. The number of nitrogens with one attached hydrogen (secondary N) is 1. The van der Waals surface area contributed by atoms with Gasteiger partial charge in [0.2, 0.25) is 0 Å². The van der Waals surface area contributed by atoms with Gasteiger partial charge in [0.15, 0.2) is 0 Å². The lowest BCUT2D eigenvalue weighted by Gasteiger charge is -2.26. The van der Waals surface area contributed by atoms with E-state index in [0.717, 1.165) is 16.0 Å². The first kappa shape index (κ1) is 30.9. The molecule has 0 spiro atoms. The molecule has 1 aliphatic heterocycles. The van der Waals surface area contributed by atoms with Crippen LogP contribution in [0.2, 0.25) is 20.1 Å². The number of barbiturate groups is 1. The molecule has 1 N–H and O–H groups in total. The minimum absolute atomic E-state index is 0.151. The number of benzene rings is 4. The van der Waals surface area contributed by atoms with Gasteiger partial charge in [-0.05, 0) is 78.4 Å². The summed E-state index contributed by atoms with van der Waals surface area (Å²) in [5.74, 6) is -0.760. The van der Waals surface area contributed by atoms with Crippen molar-refractivity contribution < 1.29 is 23.9 Å². The summed E-state index contributed by atoms with van der Waals surface area (Å²) >= 11 is 27.7. The molecule has 1 saturated heterocycles. The molecular formula is C31H19BrCl4N2O5. The topological polar surface area (TPSA) is 84.9 Å². The molecule has 4 amide bonds. The summed E-state index contributed by atoms with van der Waals surface area (Å²) in [5, 5.41) is 4.02. The molecule has 0 aromatic heterocycles. The SMILES string of the molecule is O=C1NC(=O)N(c2ccc(OCc3ccc(Cl)cc3Cl)cc2)C(=O)/C1=C/c1cc(Br)ccc1OCc1ccc(Cl)c(Cl)c1. The summed E-state index contributed by atoms with van der Waals surface area (Å²) in [5.41, 5.74) is 1.93. The Hall–Kier alpha value is -3.53. The molecule has 218 valence electrons. The van der Waals surface area contributed by atoms with E-state index in [1.807, 2.05) is 0 Å². The van der Waals surface area contributed by atoms with E-state index in [-0.39, 0.29) is 24.5 Å². The number of halogens is 5. The van der Waals surface area contributed by atoms with Crippen LogP contribution in [0.1, 0.15) is 16.7 Å². The van der Waals surface area contributed by atoms with E-state index in [9.17, 15) is 14.4 Å². The molecule has 0 radical (unpaired) electrons. The van der Waals surface area contributed by atoms with Gasteiger partial charge in [0.25, 0.3) is 11.8 Å². The van der Waals surface area contributed by atoms with Crippen LogP contribution in [-0.2, 0) is 22.8 Å². The normalized spacial score (nSPS) is 14.2. The van der Waals surface area contributed by atoms with Crippen LogP contribution in [0.5, 0.6) is 11.5 Å². The molecule has 4 aromatic carbocycles. The van der Waals surface area contributed by atoms with Crippen LogP contribution in [0.25, 0.3) is 6.08 Å². The number of rotatable bonds is 8. The standard InChI is InChI=1S/C31H19BrCl4N2O5/c32-20-3-10-28(43-15-17-1-9-25(34)27(36)11-17)19(12-20)13-24-29(39)37-31(41)38(30(24)40)22-5-7-23(8-6-22)42-16-18-2-4-21(33)14-26(18)35/h1-14H,15-16H2,(H,37,39,41)/b24-13+. The van der Waals surface area contributed by atoms with Crippen LogP contribution in [0.4, 0.5) is 10.5 Å². The number of anilines is 1. The molecule has 12 heteroatoms. The highest BCUT2D eigenvalue weighted by atomic mass is 79.9. The Morgan fingerprint density at radius 1 is 0.767 bits per heavy atom. The molecule has 0 aliphatic carbocycles. The zero-order chi connectivity index (χ0) is 30.7. The van der Waals surface area contributed by atoms with E-state index < -0.39 is 17.8 Å². The first-order valence-corrected chi connectivity index (χ1v) is 14.8. The molecule has 43 heavy (non-hydrogen) atoms. The zero-order valence-corrected chi connectivity index (χ0v) is 26.5. The fourth-order valence-electron chi connectivity index (χ4n) is 4.09. The van der Waals surface area contributed by atoms with Crippen molar-refractivity contribution in [2.45, 2.75) is 13.2 Å². The van der Waals surface area contributed by atoms with Crippen LogP contribution in [0, 0.1) is 0 Å². The van der Waals surface area contributed by atoms with Gasteiger partial charge in [-0.3, -0.25) is 14.9 Å². The van der Waals surface area contributed by atoms with Crippen LogP contribution >= 0.6 is 62.3 Å². The lowest BCUT2D eigenvalue weighted by molar-refractivity contribution is -0.122. The Bertz CT molecular complexity index is 1780. The third-order valence-electron chi connectivity index (χ3n) is 6.26. The summed E-state index contributed by atoms with van der Waals surface area (Å²) in [7, 11) is 0. The maximum atomic E-state index is 13.5. The number of carbonyl (C=O) groups is 3. The van der Waals surface area contributed by atoms with E-state index in [2.05, 4.69) is 21.2 Å². The lowest BCUT2D eigenvalue weighted by atomic mass is 10.1. The number of hydrogen-bond acceptors (Lipinski definition) is 5. The second-order valence-corrected chi connectivity index (χ2v) is 11.8. The quantitative estimate of drug-likeness (QED) is 0.145. The maximum absolute atomic E-state index is 13.5. The average Bonchev–Trinajstić information content (AvgIpc) is 2.96. The van der Waals surface area contributed by atoms with Crippen molar-refractivity contribution in [1.82, 2.24) is 5.32 Å². The van der Waals surface area contributed by atoms with Crippen molar-refractivity contribution in [2.24, 2.45) is 0 Å². The molecule has 0 unspecified atom stereocenters. The Kier molecular flexibility index (Phi) is 9.64. The molecule has 7 nitrogen and oxygen atoms in total. The highest BCUT2D eigenvalue weighted by molar-refractivity contribution is 9.10. The molecule has 5 rings (SSSR count). The molecule has 1 fully saturated rings. The maximum Gasteiger partial charge on any atom is 0.335 e. The van der Waals surface area contributed by atoms with E-state index in [1.54, 1.807) is 66.7 Å². The summed E-state index contributed by atoms with van der Waals surface area (Å²) in [6, 6.07) is 20.8. The van der Waals surface area contributed by atoms with Gasteiger partial charge in [0, 0.05) is 25.6 Å². The number of amides is 4. The van der Waals surface area contributed by atoms with Gasteiger partial charge in [0.1, 0.15) is 30.3 Å². The van der Waals surface area contributed by atoms with Gasteiger partial charge >= 0.3 is 6.03 Å². The molecule has 1 heterocycles. The smallest absolute Gasteiger partial charge is 0.335 e. The van der Waals surface area contributed by atoms with E-state index in [0.29, 0.717) is 41.6 Å². The average molecular weight is 721 g/mol. The lowest BCUT2D eigenvalue weighted by Crippen LogP contribution is -2.54. The first-order valence-electron chi connectivity index (χ1n) is 12.5. The summed E-state index contributed by atoms with van der Waals surface area (Å²) in [4.78, 5) is 39.9. The predicted octanol–water partition coefficient (Wildman–Crippen LogP) is 8.89. The largest absolute Gasteiger partial charge is 0.489 e. The fourth-order valence-corrected chi connectivity index (χ4v) is 5.26. The Labute approximate surface area is 275 Å². The summed E-state index contributed by atoms with van der Waals surface area (Å²) < 4.78 is 12.5. The fraction of sp³-hybridized carbons (Fsp3) is 0.0645. The van der Waals surface area contributed by atoms with Gasteiger partial charge in [0.05, 0.1) is 15.7 Å². The van der Waals surface area contributed by atoms with Crippen molar-refractivity contribution in [3.63, 3.8) is 0 Å². The monoisotopic (exact) mass is 718 g/mol. The van der Waals surface area contributed by atoms with Crippen molar-refractivity contribution in [2.75, 3.05) is 4.90 Å². The number of nitrogens with zero attached hydrogens (tertiary/aromatic N) is 1. The van der Waals surface area contributed by atoms with Gasteiger partial charge < -0.3 is 9.47 Å². The Morgan fingerprint density at radius 3 is 2.26 bits per heavy atom. The number of carbonyl (C=O) groups excluding carboxylic acids is 3. The van der Waals surface area contributed by atoms with Gasteiger partial charge in [-0.2, -0.15) is 0 Å². The van der Waals surface area contributed by atoms with Crippen LogP contribution < -0.4 is 19.7 Å². The van der Waals surface area contributed by atoms with Crippen molar-refractivity contribution in [3.05, 3.63) is 126 Å². The minimum atomic E-state index is -0.876. The summed E-state index contributed by atoms with van der Waals surface area (Å²) in [6.45, 7) is 0.333. The van der Waals surface area contributed by atoms with E-state index in [4.69, 9.17) is 55.9 Å². The Balaban J connectivity index is 1.35. The van der Waals surface area contributed by atoms with Crippen molar-refractivity contribution in [1.29, 1.82) is 0 Å². The van der Waals surface area contributed by atoms with Gasteiger partial charge in [-0.15, -0.1) is 0 Å². The predicted molar refractivity (Wildman–Crippen MR) is 171 cm³/mol. The van der Waals surface area contributed by atoms with E-state index >= 15 is 0 Å². The molecule has 0 bridgehead atoms. The number of urea groups is 1. The molecule has 4 aromatic rings. The zero-order valence-electron chi connectivity index (χ0n) is 21.9. The molecule has 1 aliphatic rings.